The zero-order valence-electron chi connectivity index (χ0n) is 18.5. The lowest BCUT2D eigenvalue weighted by molar-refractivity contribution is -0.133. The number of nitrogens with one attached hydrogen (secondary N) is 1. The summed E-state index contributed by atoms with van der Waals surface area (Å²) in [5.74, 6) is 1.15. The number of aromatic amines is 1. The van der Waals surface area contributed by atoms with Crippen molar-refractivity contribution in [2.45, 2.75) is 25.7 Å². The van der Waals surface area contributed by atoms with Gasteiger partial charge in [-0.2, -0.15) is 15.2 Å². The number of nitriles is 1. The van der Waals surface area contributed by atoms with Gasteiger partial charge in [0.1, 0.15) is 11.7 Å². The van der Waals surface area contributed by atoms with Crippen LogP contribution in [-0.4, -0.2) is 59.7 Å². The fourth-order valence-corrected chi connectivity index (χ4v) is 4.16. The number of hydrogen-bond donors (Lipinski definition) is 1. The van der Waals surface area contributed by atoms with Crippen molar-refractivity contribution >= 4 is 28.5 Å². The lowest BCUT2D eigenvalue weighted by Gasteiger charge is -2.26. The largest absolute Gasteiger partial charge is 0.493 e. The van der Waals surface area contributed by atoms with E-state index in [1.165, 1.54) is 14.2 Å². The zero-order chi connectivity index (χ0) is 23.4. The fourth-order valence-electron chi connectivity index (χ4n) is 3.91. The van der Waals surface area contributed by atoms with Gasteiger partial charge in [0.15, 0.2) is 11.5 Å². The zero-order valence-corrected chi connectivity index (χ0v) is 19.2. The SMILES string of the molecule is COc1cc(Cl)c(-c2nc(OCCCN3CCCCC3=O)nc3[nH]cc(C#N)c23)cc1OC. The summed E-state index contributed by atoms with van der Waals surface area (Å²) in [4.78, 5) is 25.8. The average Bonchev–Trinajstić information content (AvgIpc) is 3.25. The highest BCUT2D eigenvalue weighted by Gasteiger charge is 2.21. The Hall–Kier alpha value is -3.51. The van der Waals surface area contributed by atoms with Crippen LogP contribution in [0.15, 0.2) is 18.3 Å². The Kier molecular flexibility index (Phi) is 6.84. The van der Waals surface area contributed by atoms with Crippen molar-refractivity contribution in [3.8, 4) is 34.8 Å². The number of piperidine rings is 1. The van der Waals surface area contributed by atoms with Gasteiger partial charge < -0.3 is 24.1 Å². The Morgan fingerprint density at radius 3 is 2.73 bits per heavy atom. The van der Waals surface area contributed by atoms with Gasteiger partial charge in [0, 0.05) is 37.3 Å². The molecule has 4 rings (SSSR count). The number of likely N-dealkylation sites (tertiary alicyclic amines) is 1. The van der Waals surface area contributed by atoms with Crippen molar-refractivity contribution < 1.29 is 19.0 Å². The molecule has 1 N–H and O–H groups in total. The van der Waals surface area contributed by atoms with Gasteiger partial charge in [-0.05, 0) is 25.3 Å². The van der Waals surface area contributed by atoms with Crippen LogP contribution in [0.5, 0.6) is 17.5 Å². The van der Waals surface area contributed by atoms with Crippen molar-refractivity contribution in [2.24, 2.45) is 0 Å². The lowest BCUT2D eigenvalue weighted by atomic mass is 10.1. The van der Waals surface area contributed by atoms with E-state index in [0.29, 0.717) is 70.4 Å². The minimum absolute atomic E-state index is 0.152. The van der Waals surface area contributed by atoms with Crippen LogP contribution < -0.4 is 14.2 Å². The highest BCUT2D eigenvalue weighted by atomic mass is 35.5. The maximum atomic E-state index is 12.0. The molecule has 0 aliphatic carbocycles. The van der Waals surface area contributed by atoms with E-state index in [9.17, 15) is 10.1 Å². The number of carbonyl (C=O) groups excluding carboxylic acids is 1. The Bertz CT molecular complexity index is 1220. The number of carbonyl (C=O) groups is 1. The number of methoxy groups -OCH3 is 2. The maximum absolute atomic E-state index is 12.0. The van der Waals surface area contributed by atoms with E-state index >= 15 is 0 Å². The molecule has 1 fully saturated rings. The third kappa shape index (κ3) is 4.66. The molecule has 1 aliphatic heterocycles. The van der Waals surface area contributed by atoms with Crippen molar-refractivity contribution in [3.05, 3.63) is 28.9 Å². The molecule has 3 heterocycles. The van der Waals surface area contributed by atoms with Gasteiger partial charge in [-0.1, -0.05) is 11.6 Å². The van der Waals surface area contributed by atoms with Crippen LogP contribution in [0, 0.1) is 11.3 Å². The topological polar surface area (TPSA) is 113 Å². The summed E-state index contributed by atoms with van der Waals surface area (Å²) < 4.78 is 16.6. The lowest BCUT2D eigenvalue weighted by Crippen LogP contribution is -2.36. The minimum atomic E-state index is 0.152. The molecule has 0 unspecified atom stereocenters. The molecule has 0 spiro atoms. The smallest absolute Gasteiger partial charge is 0.318 e. The standard InChI is InChI=1S/C23H24ClN5O4/c1-31-17-10-15(16(24)11-18(17)32-2)21-20-14(12-25)13-26-22(20)28-23(27-21)33-9-5-8-29-7-4-3-6-19(29)30/h10-11,13H,3-9H2,1-2H3,(H,26,27,28). The maximum Gasteiger partial charge on any atom is 0.318 e. The Morgan fingerprint density at radius 1 is 1.21 bits per heavy atom. The summed E-state index contributed by atoms with van der Waals surface area (Å²) in [6.45, 7) is 1.78. The second kappa shape index (κ2) is 9.96. The fraction of sp³-hybridized carbons (Fsp3) is 0.391. The molecule has 0 radical (unpaired) electrons. The van der Waals surface area contributed by atoms with Crippen molar-refractivity contribution in [1.82, 2.24) is 19.9 Å². The average molecular weight is 470 g/mol. The molecular formula is C23H24ClN5O4. The van der Waals surface area contributed by atoms with E-state index in [2.05, 4.69) is 21.0 Å². The number of ether oxygens (including phenoxy) is 3. The van der Waals surface area contributed by atoms with Crippen LogP contribution in [0.25, 0.3) is 22.3 Å². The molecule has 2 aromatic heterocycles. The molecule has 0 saturated carbocycles. The van der Waals surface area contributed by atoms with E-state index in [-0.39, 0.29) is 11.9 Å². The summed E-state index contributed by atoms with van der Waals surface area (Å²) >= 11 is 6.55. The second-order valence-corrected chi connectivity index (χ2v) is 8.03. The van der Waals surface area contributed by atoms with Crippen LogP contribution in [0.4, 0.5) is 0 Å². The molecule has 1 amide bonds. The summed E-state index contributed by atoms with van der Waals surface area (Å²) in [6.07, 6.45) is 4.85. The van der Waals surface area contributed by atoms with Crippen LogP contribution in [-0.2, 0) is 4.79 Å². The third-order valence-corrected chi connectivity index (χ3v) is 5.90. The van der Waals surface area contributed by atoms with E-state index in [1.807, 2.05) is 4.90 Å². The van der Waals surface area contributed by atoms with Crippen molar-refractivity contribution in [1.29, 1.82) is 5.26 Å². The first-order chi connectivity index (χ1) is 16.0. The van der Waals surface area contributed by atoms with Gasteiger partial charge in [0.2, 0.25) is 5.91 Å². The van der Waals surface area contributed by atoms with Gasteiger partial charge in [-0.25, -0.2) is 0 Å². The first-order valence-electron chi connectivity index (χ1n) is 10.7. The summed E-state index contributed by atoms with van der Waals surface area (Å²) in [6, 6.07) is 5.66. The van der Waals surface area contributed by atoms with E-state index in [1.54, 1.807) is 18.3 Å². The molecule has 0 bridgehead atoms. The first kappa shape index (κ1) is 22.7. The predicted octanol–water partition coefficient (Wildman–Crippen LogP) is 3.95. The highest BCUT2D eigenvalue weighted by molar-refractivity contribution is 6.34. The molecular weight excluding hydrogens is 446 g/mol. The van der Waals surface area contributed by atoms with Gasteiger partial charge >= 0.3 is 6.01 Å². The first-order valence-corrected chi connectivity index (χ1v) is 11.0. The molecule has 33 heavy (non-hydrogen) atoms. The van der Waals surface area contributed by atoms with Crippen LogP contribution in [0.2, 0.25) is 5.02 Å². The number of rotatable bonds is 8. The number of hydrogen-bond acceptors (Lipinski definition) is 7. The second-order valence-electron chi connectivity index (χ2n) is 7.62. The molecule has 0 atom stereocenters. The van der Waals surface area contributed by atoms with E-state index < -0.39 is 0 Å². The molecule has 1 aromatic carbocycles. The van der Waals surface area contributed by atoms with Gasteiger partial charge in [-0.3, -0.25) is 4.79 Å². The number of aromatic nitrogens is 3. The minimum Gasteiger partial charge on any atom is -0.493 e. The molecule has 9 nitrogen and oxygen atoms in total. The predicted molar refractivity (Wildman–Crippen MR) is 123 cm³/mol. The van der Waals surface area contributed by atoms with Crippen LogP contribution in [0.1, 0.15) is 31.2 Å². The van der Waals surface area contributed by atoms with E-state index in [4.69, 9.17) is 25.8 Å². The molecule has 10 heteroatoms. The van der Waals surface area contributed by atoms with Crippen LogP contribution >= 0.6 is 11.6 Å². The summed E-state index contributed by atoms with van der Waals surface area (Å²) in [7, 11) is 3.06. The van der Waals surface area contributed by atoms with Crippen molar-refractivity contribution in [3.63, 3.8) is 0 Å². The molecule has 172 valence electrons. The number of benzene rings is 1. The number of amides is 1. The Balaban J connectivity index is 1.63. The Labute approximate surface area is 196 Å². The van der Waals surface area contributed by atoms with Crippen LogP contribution in [0.3, 0.4) is 0 Å². The molecule has 1 aliphatic rings. The highest BCUT2D eigenvalue weighted by Crippen LogP contribution is 2.40. The van der Waals surface area contributed by atoms with Gasteiger partial charge in [0.25, 0.3) is 0 Å². The normalized spacial score (nSPS) is 13.8. The van der Waals surface area contributed by atoms with Gasteiger partial charge in [-0.15, -0.1) is 0 Å². The summed E-state index contributed by atoms with van der Waals surface area (Å²) in [5.41, 5.74) is 1.86. The summed E-state index contributed by atoms with van der Waals surface area (Å²) in [5, 5.41) is 10.5. The number of halogens is 1. The molecule has 1 saturated heterocycles. The monoisotopic (exact) mass is 469 g/mol. The quantitative estimate of drug-likeness (QED) is 0.497. The number of fused-ring (bicyclic) bond motifs is 1. The van der Waals surface area contributed by atoms with Crippen molar-refractivity contribution in [2.75, 3.05) is 33.9 Å². The number of nitrogens with zero attached hydrogens (tertiary/aromatic N) is 4. The Morgan fingerprint density at radius 2 is 2.00 bits per heavy atom. The molecule has 3 aromatic rings. The van der Waals surface area contributed by atoms with E-state index in [0.717, 1.165) is 19.4 Å². The van der Waals surface area contributed by atoms with Gasteiger partial charge in [0.05, 0.1) is 42.5 Å². The third-order valence-electron chi connectivity index (χ3n) is 5.58. The number of H-pyrrole nitrogens is 1.